The van der Waals surface area contributed by atoms with Gasteiger partial charge in [0.15, 0.2) is 11.6 Å². The highest BCUT2D eigenvalue weighted by atomic mass is 19.1. The van der Waals surface area contributed by atoms with Crippen molar-refractivity contribution in [3.63, 3.8) is 0 Å². The van der Waals surface area contributed by atoms with Crippen molar-refractivity contribution in [2.45, 2.75) is 26.3 Å². The van der Waals surface area contributed by atoms with E-state index in [0.717, 1.165) is 12.1 Å². The summed E-state index contributed by atoms with van der Waals surface area (Å²) in [5.74, 6) is -0.410. The lowest BCUT2D eigenvalue weighted by Gasteiger charge is -2.12. The summed E-state index contributed by atoms with van der Waals surface area (Å²) in [4.78, 5) is 10.9. The molecule has 1 N–H and O–H groups in total. The largest absolute Gasteiger partial charge is 0.490 e. The number of halogens is 1. The molecule has 0 aliphatic carbocycles. The molecule has 0 fully saturated rings. The number of nitrogens with one attached hydrogen (secondary N) is 1. The van der Waals surface area contributed by atoms with E-state index in [1.165, 1.54) is 13.2 Å². The van der Waals surface area contributed by atoms with Crippen molar-refractivity contribution in [1.29, 1.82) is 0 Å². The Bertz CT molecular complexity index is 410. The second-order valence-electron chi connectivity index (χ2n) is 4.04. The van der Waals surface area contributed by atoms with Crippen molar-refractivity contribution in [2.24, 2.45) is 0 Å². The molecule has 0 amide bonds. The number of benzene rings is 1. The highest BCUT2D eigenvalue weighted by Gasteiger charge is 2.09. The fourth-order valence-electron chi connectivity index (χ4n) is 1.61. The number of ether oxygens (including phenoxy) is 2. The second kappa shape index (κ2) is 8.48. The molecule has 0 unspecified atom stereocenters. The van der Waals surface area contributed by atoms with Gasteiger partial charge in [-0.3, -0.25) is 4.79 Å². The van der Waals surface area contributed by atoms with Crippen LogP contribution in [0.4, 0.5) is 4.39 Å². The molecule has 1 rings (SSSR count). The summed E-state index contributed by atoms with van der Waals surface area (Å²) in [5, 5.41) is 3.13. The van der Waals surface area contributed by atoms with Gasteiger partial charge in [-0.1, -0.05) is 19.1 Å². The summed E-state index contributed by atoms with van der Waals surface area (Å²) in [6.45, 7) is 3.63. The Morgan fingerprint density at radius 3 is 2.89 bits per heavy atom. The van der Waals surface area contributed by atoms with Crippen LogP contribution in [0.15, 0.2) is 18.2 Å². The molecular weight excluding hydrogens is 249 g/mol. The van der Waals surface area contributed by atoms with Gasteiger partial charge in [0, 0.05) is 18.5 Å². The average molecular weight is 269 g/mol. The highest BCUT2D eigenvalue weighted by Crippen LogP contribution is 2.22. The summed E-state index contributed by atoms with van der Waals surface area (Å²) in [6, 6.07) is 4.84. The molecule has 1 aromatic rings. The van der Waals surface area contributed by atoms with Crippen LogP contribution in [-0.4, -0.2) is 26.2 Å². The zero-order valence-electron chi connectivity index (χ0n) is 11.4. The molecule has 0 radical (unpaired) electrons. The lowest BCUT2D eigenvalue weighted by Crippen LogP contribution is -2.14. The number of methoxy groups -OCH3 is 1. The number of carbonyl (C=O) groups excluding carboxylic acids is 1. The van der Waals surface area contributed by atoms with E-state index in [0.29, 0.717) is 13.0 Å². The van der Waals surface area contributed by atoms with E-state index in [1.807, 2.05) is 13.0 Å². The first-order chi connectivity index (χ1) is 9.19. The summed E-state index contributed by atoms with van der Waals surface area (Å²) < 4.78 is 23.6. The summed E-state index contributed by atoms with van der Waals surface area (Å²) in [5.41, 5.74) is 0.778. The maximum absolute atomic E-state index is 13.7. The van der Waals surface area contributed by atoms with E-state index >= 15 is 0 Å². The molecule has 0 heterocycles. The predicted octanol–water partition coefficient (Wildman–Crippen LogP) is 2.27. The lowest BCUT2D eigenvalue weighted by molar-refractivity contribution is -0.140. The molecule has 0 aromatic heterocycles. The molecule has 1 aromatic carbocycles. The van der Waals surface area contributed by atoms with Gasteiger partial charge in [0.25, 0.3) is 0 Å². The topological polar surface area (TPSA) is 47.6 Å². The maximum atomic E-state index is 13.7. The minimum absolute atomic E-state index is 0.258. The predicted molar refractivity (Wildman–Crippen MR) is 70.5 cm³/mol. The van der Waals surface area contributed by atoms with Gasteiger partial charge in [-0.05, 0) is 19.0 Å². The second-order valence-corrected chi connectivity index (χ2v) is 4.04. The van der Waals surface area contributed by atoms with E-state index in [2.05, 4.69) is 10.1 Å². The fourth-order valence-corrected chi connectivity index (χ4v) is 1.61. The minimum atomic E-state index is -0.381. The van der Waals surface area contributed by atoms with Crippen molar-refractivity contribution >= 4 is 5.97 Å². The van der Waals surface area contributed by atoms with E-state index < -0.39 is 0 Å². The molecule has 0 bridgehead atoms. The van der Waals surface area contributed by atoms with E-state index in [1.54, 1.807) is 6.07 Å². The lowest BCUT2D eigenvalue weighted by atomic mass is 10.2. The minimum Gasteiger partial charge on any atom is -0.490 e. The van der Waals surface area contributed by atoms with E-state index in [-0.39, 0.29) is 30.6 Å². The third kappa shape index (κ3) is 5.26. The van der Waals surface area contributed by atoms with Crippen LogP contribution in [0, 0.1) is 5.82 Å². The van der Waals surface area contributed by atoms with Crippen LogP contribution >= 0.6 is 0 Å². The van der Waals surface area contributed by atoms with Crippen molar-refractivity contribution in [3.05, 3.63) is 29.6 Å². The molecule has 4 nitrogen and oxygen atoms in total. The van der Waals surface area contributed by atoms with Gasteiger partial charge in [-0.25, -0.2) is 4.39 Å². The zero-order valence-corrected chi connectivity index (χ0v) is 11.4. The normalized spacial score (nSPS) is 10.3. The van der Waals surface area contributed by atoms with Gasteiger partial charge in [0.1, 0.15) is 0 Å². The van der Waals surface area contributed by atoms with Crippen molar-refractivity contribution in [1.82, 2.24) is 5.32 Å². The van der Waals surface area contributed by atoms with Crippen molar-refractivity contribution < 1.29 is 18.7 Å². The summed E-state index contributed by atoms with van der Waals surface area (Å²) in [7, 11) is 1.34. The first kappa shape index (κ1) is 15.4. The molecule has 0 atom stereocenters. The number of rotatable bonds is 8. The molecule has 0 saturated heterocycles. The van der Waals surface area contributed by atoms with Crippen LogP contribution in [0.25, 0.3) is 0 Å². The third-order valence-corrected chi connectivity index (χ3v) is 2.61. The SMILES string of the molecule is CCNCc1cccc(F)c1OCCCC(=O)OC. The number of para-hydroxylation sites is 1. The molecular formula is C14H20FNO3. The summed E-state index contributed by atoms with van der Waals surface area (Å²) >= 11 is 0. The van der Waals surface area contributed by atoms with Gasteiger partial charge < -0.3 is 14.8 Å². The standard InChI is InChI=1S/C14H20FNO3/c1-3-16-10-11-6-4-7-12(15)14(11)19-9-5-8-13(17)18-2/h4,6-7,16H,3,5,8-10H2,1-2H3. The average Bonchev–Trinajstić information content (AvgIpc) is 2.42. The maximum Gasteiger partial charge on any atom is 0.305 e. The van der Waals surface area contributed by atoms with Crippen LogP contribution in [0.1, 0.15) is 25.3 Å². The van der Waals surface area contributed by atoms with Crippen LogP contribution in [-0.2, 0) is 16.1 Å². The Morgan fingerprint density at radius 1 is 1.42 bits per heavy atom. The molecule has 0 spiro atoms. The molecule has 19 heavy (non-hydrogen) atoms. The zero-order chi connectivity index (χ0) is 14.1. The fraction of sp³-hybridized carbons (Fsp3) is 0.500. The van der Waals surface area contributed by atoms with Crippen LogP contribution in [0.2, 0.25) is 0 Å². The summed E-state index contributed by atoms with van der Waals surface area (Å²) in [6.07, 6.45) is 0.773. The smallest absolute Gasteiger partial charge is 0.305 e. The number of esters is 1. The van der Waals surface area contributed by atoms with Crippen LogP contribution < -0.4 is 10.1 Å². The van der Waals surface area contributed by atoms with E-state index in [4.69, 9.17) is 4.74 Å². The molecule has 0 aliphatic rings. The Balaban J connectivity index is 2.53. The molecule has 0 aliphatic heterocycles. The van der Waals surface area contributed by atoms with Gasteiger partial charge in [0.05, 0.1) is 13.7 Å². The number of hydrogen-bond donors (Lipinski definition) is 1. The van der Waals surface area contributed by atoms with Crippen LogP contribution in [0.5, 0.6) is 5.75 Å². The first-order valence-electron chi connectivity index (χ1n) is 6.36. The Hall–Kier alpha value is -1.62. The van der Waals surface area contributed by atoms with Gasteiger partial charge in [-0.2, -0.15) is 0 Å². The van der Waals surface area contributed by atoms with Crippen LogP contribution in [0.3, 0.4) is 0 Å². The first-order valence-corrected chi connectivity index (χ1v) is 6.36. The van der Waals surface area contributed by atoms with Crippen molar-refractivity contribution in [3.8, 4) is 5.75 Å². The number of carbonyl (C=O) groups is 1. The van der Waals surface area contributed by atoms with Crippen molar-refractivity contribution in [2.75, 3.05) is 20.3 Å². The monoisotopic (exact) mass is 269 g/mol. The Labute approximate surface area is 112 Å². The third-order valence-electron chi connectivity index (χ3n) is 2.61. The highest BCUT2D eigenvalue weighted by molar-refractivity contribution is 5.69. The van der Waals surface area contributed by atoms with Gasteiger partial charge in [-0.15, -0.1) is 0 Å². The quantitative estimate of drug-likeness (QED) is 0.581. The number of hydrogen-bond acceptors (Lipinski definition) is 4. The Kier molecular flexibility index (Phi) is 6.89. The van der Waals surface area contributed by atoms with Gasteiger partial charge >= 0.3 is 5.97 Å². The molecule has 5 heteroatoms. The molecule has 106 valence electrons. The molecule has 0 saturated carbocycles. The van der Waals surface area contributed by atoms with Gasteiger partial charge in [0.2, 0.25) is 0 Å². The van der Waals surface area contributed by atoms with E-state index in [9.17, 15) is 9.18 Å². The Morgan fingerprint density at radius 2 is 2.21 bits per heavy atom.